The van der Waals surface area contributed by atoms with E-state index in [1.54, 1.807) is 11.1 Å². The van der Waals surface area contributed by atoms with Gasteiger partial charge in [0.05, 0.1) is 0 Å². The second kappa shape index (κ2) is 10.9. The third-order valence-electron chi connectivity index (χ3n) is 10.8. The molecule has 2 atom stereocenters. The molecule has 0 saturated heterocycles. The van der Waals surface area contributed by atoms with Crippen LogP contribution in [0.25, 0.3) is 34.4 Å². The molecule has 0 spiro atoms. The van der Waals surface area contributed by atoms with Gasteiger partial charge in [0.15, 0.2) is 0 Å². The van der Waals surface area contributed by atoms with Crippen LogP contribution >= 0.6 is 0 Å². The van der Waals surface area contributed by atoms with Crippen molar-refractivity contribution < 1.29 is 17.1 Å². The van der Waals surface area contributed by atoms with Crippen molar-refractivity contribution in [1.82, 2.24) is 0 Å². The van der Waals surface area contributed by atoms with Crippen molar-refractivity contribution in [2.75, 3.05) is 0 Å². The summed E-state index contributed by atoms with van der Waals surface area (Å²) in [6.07, 6.45) is 10.3. The first kappa shape index (κ1) is 29.5. The van der Waals surface area contributed by atoms with Gasteiger partial charge in [-0.25, -0.2) is 0 Å². The summed E-state index contributed by atoms with van der Waals surface area (Å²) in [7, 11) is 0. The Balaban J connectivity index is 1.55. The Hall–Kier alpha value is -2.55. The predicted molar refractivity (Wildman–Crippen MR) is 185 cm³/mol. The van der Waals surface area contributed by atoms with E-state index in [0.29, 0.717) is 7.35 Å². The van der Waals surface area contributed by atoms with E-state index >= 15 is 0 Å². The van der Waals surface area contributed by atoms with E-state index in [2.05, 4.69) is 148 Å². The Bertz CT molecular complexity index is 1690. The topological polar surface area (TPSA) is 0 Å². The van der Waals surface area contributed by atoms with Gasteiger partial charge in [-0.3, -0.25) is 0 Å². The molecule has 0 N–H and O–H groups in total. The molecule has 0 bridgehead atoms. The molecular weight excluding hydrogens is 687 g/mol. The first-order valence-corrected chi connectivity index (χ1v) is 34.5. The van der Waals surface area contributed by atoms with Crippen molar-refractivity contribution in [1.29, 1.82) is 0 Å². The molecule has 0 saturated carbocycles. The first-order valence-electron chi connectivity index (χ1n) is 15.9. The zero-order chi connectivity index (χ0) is 29.8. The standard InChI is InChI=1S/2C17H15.C4H10Si.2CH3.Hf/c2*1-12-9-13(2)11-15(10-12)17-8-4-6-14-5-3-7-16(14)17;1-3-5-4-2;;;/h2*3-11H,1-2H3;3-4H2,1-2H3;2*1H3;. The number of fused-ring (bicyclic) bond motifs is 2. The molecule has 4 aromatic carbocycles. The number of hydrogen-bond donors (Lipinski definition) is 0. The third-order valence-corrected chi connectivity index (χ3v) is 68.9. The summed E-state index contributed by atoms with van der Waals surface area (Å²) in [6, 6.07) is 31.1. The van der Waals surface area contributed by atoms with Crippen LogP contribution in [0.2, 0.25) is 21.4 Å². The molecule has 2 aliphatic rings. The molecule has 0 amide bonds. The molecule has 2 heteroatoms. The molecule has 6 rings (SSSR count). The van der Waals surface area contributed by atoms with Crippen LogP contribution in [0.4, 0.5) is 0 Å². The van der Waals surface area contributed by atoms with E-state index in [-0.39, 0.29) is 0 Å². The summed E-state index contributed by atoms with van der Waals surface area (Å²) in [5.74, 6) is 0. The Kier molecular flexibility index (Phi) is 7.63. The monoisotopic (exact) mass is 734 g/mol. The molecule has 0 fully saturated rings. The average molecular weight is 733 g/mol. The number of hydrogen-bond acceptors (Lipinski definition) is 0. The van der Waals surface area contributed by atoms with E-state index < -0.39 is 22.6 Å². The maximum absolute atomic E-state index is 3.79. The Morgan fingerprint density at radius 3 is 1.31 bits per heavy atom. The van der Waals surface area contributed by atoms with Crippen molar-refractivity contribution in [2.45, 2.75) is 70.3 Å². The molecule has 42 heavy (non-hydrogen) atoms. The van der Waals surface area contributed by atoms with Gasteiger partial charge in [-0.05, 0) is 0 Å². The Morgan fingerprint density at radius 1 is 0.571 bits per heavy atom. The van der Waals surface area contributed by atoms with E-state index in [4.69, 9.17) is 0 Å². The van der Waals surface area contributed by atoms with Gasteiger partial charge in [0, 0.05) is 0 Å². The van der Waals surface area contributed by atoms with E-state index in [1.807, 2.05) is 0 Å². The van der Waals surface area contributed by atoms with Crippen molar-refractivity contribution in [2.24, 2.45) is 0 Å². The van der Waals surface area contributed by atoms with Crippen LogP contribution in [0.15, 0.2) is 84.9 Å². The van der Waals surface area contributed by atoms with Gasteiger partial charge in [-0.1, -0.05) is 0 Å². The Morgan fingerprint density at radius 2 is 0.952 bits per heavy atom. The van der Waals surface area contributed by atoms with Gasteiger partial charge in [0.25, 0.3) is 0 Å². The second-order valence-electron chi connectivity index (χ2n) is 14.0. The summed E-state index contributed by atoms with van der Waals surface area (Å²) in [5.41, 5.74) is 16.5. The van der Waals surface area contributed by atoms with Gasteiger partial charge in [-0.15, -0.1) is 0 Å². The summed E-state index contributed by atoms with van der Waals surface area (Å²) in [5, 5.41) is 0. The molecule has 2 unspecified atom stereocenters. The Labute approximate surface area is 255 Å². The normalized spacial score (nSPS) is 17.5. The van der Waals surface area contributed by atoms with Crippen molar-refractivity contribution in [3.63, 3.8) is 0 Å². The number of benzene rings is 4. The molecule has 0 heterocycles. The fourth-order valence-corrected chi connectivity index (χ4v) is 65.3. The zero-order valence-electron chi connectivity index (χ0n) is 26.8. The van der Waals surface area contributed by atoms with Gasteiger partial charge in [0.1, 0.15) is 0 Å². The van der Waals surface area contributed by atoms with Gasteiger partial charge >= 0.3 is 257 Å². The molecule has 0 aliphatic heterocycles. The van der Waals surface area contributed by atoms with Crippen molar-refractivity contribution in [3.05, 3.63) is 129 Å². The average Bonchev–Trinajstić information content (AvgIpc) is 3.58. The summed E-state index contributed by atoms with van der Waals surface area (Å²) < 4.78 is 6.89. The number of aryl methyl sites for hydroxylation is 4. The quantitative estimate of drug-likeness (QED) is 0.173. The summed E-state index contributed by atoms with van der Waals surface area (Å²) in [4.78, 5) is 0. The van der Waals surface area contributed by atoms with Crippen molar-refractivity contribution >= 4 is 17.6 Å². The fourth-order valence-electron chi connectivity index (χ4n) is 8.98. The van der Waals surface area contributed by atoms with Gasteiger partial charge in [-0.2, -0.15) is 0 Å². The summed E-state index contributed by atoms with van der Waals surface area (Å²) in [6.45, 7) is 13.9. The predicted octanol–water partition coefficient (Wildman–Crippen LogP) is 11.9. The molecule has 0 radical (unpaired) electrons. The van der Waals surface area contributed by atoms with Crippen LogP contribution < -0.4 is 0 Å². The molecular formula is C40H46HfSi. The van der Waals surface area contributed by atoms with Crippen molar-refractivity contribution in [3.8, 4) is 22.3 Å². The number of rotatable bonds is 6. The van der Waals surface area contributed by atoms with E-state index in [0.717, 1.165) is 0 Å². The van der Waals surface area contributed by atoms with Gasteiger partial charge in [0.2, 0.25) is 0 Å². The summed E-state index contributed by atoms with van der Waals surface area (Å²) >= 11 is -3.79. The minimum atomic E-state index is -3.79. The van der Waals surface area contributed by atoms with Crippen LogP contribution in [0.1, 0.15) is 65.7 Å². The zero-order valence-corrected chi connectivity index (χ0v) is 31.4. The molecule has 214 valence electrons. The van der Waals surface area contributed by atoms with E-state index in [9.17, 15) is 0 Å². The van der Waals surface area contributed by atoms with Crippen LogP contribution in [0, 0.1) is 27.7 Å². The minimum absolute atomic E-state index is 0.571. The van der Waals surface area contributed by atoms with Crippen LogP contribution in [0.3, 0.4) is 0 Å². The number of allylic oxidation sites excluding steroid dienone is 2. The van der Waals surface area contributed by atoms with Crippen LogP contribution in [-0.4, -0.2) is 5.49 Å². The second-order valence-corrected chi connectivity index (χ2v) is 60.3. The van der Waals surface area contributed by atoms with Gasteiger partial charge < -0.3 is 0 Å². The molecule has 0 aromatic heterocycles. The van der Waals surface area contributed by atoms with E-state index in [1.165, 1.54) is 67.7 Å². The first-order chi connectivity index (χ1) is 20.0. The molecule has 4 aromatic rings. The van der Waals surface area contributed by atoms with Crippen LogP contribution in [-0.2, 0) is 17.1 Å². The molecule has 0 nitrogen and oxygen atoms in total. The SMILES string of the molecule is CC[Si](CC)=[Hf]([CH3])([CH3])([CH]1C=Cc2c(-c3cc(C)cc(C)c3)cccc21)[CH]1C=Cc2c(-c3cc(C)cc(C)c3)cccc21. The maximum atomic E-state index is 2.87. The fraction of sp³-hybridized carbons (Fsp3) is 0.300. The van der Waals surface area contributed by atoms with Crippen LogP contribution in [0.5, 0.6) is 0 Å². The molecule has 2 aliphatic carbocycles. The third kappa shape index (κ3) is 4.65.